The van der Waals surface area contributed by atoms with Crippen molar-refractivity contribution in [1.82, 2.24) is 5.32 Å². The minimum Gasteiger partial charge on any atom is -0.507 e. The van der Waals surface area contributed by atoms with Crippen LogP contribution in [0.2, 0.25) is 0 Å². The fourth-order valence-corrected chi connectivity index (χ4v) is 2.04. The highest BCUT2D eigenvalue weighted by Gasteiger charge is 2.06. The van der Waals surface area contributed by atoms with Crippen molar-refractivity contribution < 1.29 is 9.84 Å². The van der Waals surface area contributed by atoms with Crippen LogP contribution in [0.1, 0.15) is 45.6 Å². The van der Waals surface area contributed by atoms with Gasteiger partial charge in [-0.15, -0.1) is 0 Å². The molecule has 0 aliphatic carbocycles. The van der Waals surface area contributed by atoms with Crippen LogP contribution in [0.25, 0.3) is 0 Å². The molecule has 1 aromatic carbocycles. The third-order valence-electron chi connectivity index (χ3n) is 3.35. The second-order valence-corrected chi connectivity index (χ2v) is 5.60. The van der Waals surface area contributed by atoms with Crippen molar-refractivity contribution in [2.24, 2.45) is 5.92 Å². The molecule has 0 aliphatic rings. The van der Waals surface area contributed by atoms with E-state index in [1.165, 1.54) is 19.3 Å². The van der Waals surface area contributed by atoms with Gasteiger partial charge in [0, 0.05) is 24.2 Å². The molecule has 0 bridgehead atoms. The first-order chi connectivity index (χ1) is 9.02. The molecule has 0 aromatic heterocycles. The standard InChI is InChI=1S/C16H27NO2/c1-12(2)6-5-7-13(3)17-11-14-8-9-15(19-4)10-16(14)18/h8-10,12-13,17-18H,5-7,11H2,1-4H3. The van der Waals surface area contributed by atoms with Crippen LogP contribution in [0.4, 0.5) is 0 Å². The summed E-state index contributed by atoms with van der Waals surface area (Å²) in [4.78, 5) is 0. The maximum Gasteiger partial charge on any atom is 0.123 e. The number of hydrogen-bond donors (Lipinski definition) is 2. The zero-order chi connectivity index (χ0) is 14.3. The number of rotatable bonds is 8. The molecule has 0 amide bonds. The summed E-state index contributed by atoms with van der Waals surface area (Å²) in [6.07, 6.45) is 3.70. The lowest BCUT2D eigenvalue weighted by molar-refractivity contribution is 0.404. The predicted octanol–water partition coefficient (Wildman–Crippen LogP) is 3.71. The summed E-state index contributed by atoms with van der Waals surface area (Å²) < 4.78 is 5.07. The van der Waals surface area contributed by atoms with E-state index >= 15 is 0 Å². The summed E-state index contributed by atoms with van der Waals surface area (Å²) in [7, 11) is 1.60. The molecule has 0 heterocycles. The summed E-state index contributed by atoms with van der Waals surface area (Å²) >= 11 is 0. The fourth-order valence-electron chi connectivity index (χ4n) is 2.04. The molecule has 3 nitrogen and oxygen atoms in total. The number of ether oxygens (including phenoxy) is 1. The summed E-state index contributed by atoms with van der Waals surface area (Å²) in [5, 5.41) is 13.3. The molecule has 0 spiro atoms. The molecule has 3 heteroatoms. The third-order valence-corrected chi connectivity index (χ3v) is 3.35. The van der Waals surface area contributed by atoms with Gasteiger partial charge < -0.3 is 15.2 Å². The third kappa shape index (κ3) is 5.97. The van der Waals surface area contributed by atoms with Crippen LogP contribution in [0, 0.1) is 5.92 Å². The number of benzene rings is 1. The first-order valence-corrected chi connectivity index (χ1v) is 7.12. The second kappa shape index (κ2) is 8.05. The van der Waals surface area contributed by atoms with E-state index in [1.807, 2.05) is 12.1 Å². The summed E-state index contributed by atoms with van der Waals surface area (Å²) in [5.41, 5.74) is 0.913. The summed E-state index contributed by atoms with van der Waals surface area (Å²) in [5.74, 6) is 1.75. The Morgan fingerprint density at radius 3 is 2.53 bits per heavy atom. The molecule has 0 saturated carbocycles. The molecule has 19 heavy (non-hydrogen) atoms. The average Bonchev–Trinajstić information content (AvgIpc) is 2.36. The molecule has 1 atom stereocenters. The van der Waals surface area contributed by atoms with Gasteiger partial charge in [-0.05, 0) is 25.3 Å². The van der Waals surface area contributed by atoms with Crippen LogP contribution in [0.15, 0.2) is 18.2 Å². The Balaban J connectivity index is 2.35. The van der Waals surface area contributed by atoms with Crippen molar-refractivity contribution in [3.05, 3.63) is 23.8 Å². The minimum absolute atomic E-state index is 0.293. The number of aromatic hydroxyl groups is 1. The molecule has 108 valence electrons. The largest absolute Gasteiger partial charge is 0.507 e. The van der Waals surface area contributed by atoms with Crippen molar-refractivity contribution in [1.29, 1.82) is 0 Å². The number of phenolic OH excluding ortho intramolecular Hbond substituents is 1. The quantitative estimate of drug-likeness (QED) is 0.753. The fraction of sp³-hybridized carbons (Fsp3) is 0.625. The van der Waals surface area contributed by atoms with Crippen LogP contribution in [-0.2, 0) is 6.54 Å². The van der Waals surface area contributed by atoms with Crippen molar-refractivity contribution in [3.63, 3.8) is 0 Å². The van der Waals surface area contributed by atoms with Crippen molar-refractivity contribution in [3.8, 4) is 11.5 Å². The first-order valence-electron chi connectivity index (χ1n) is 7.12. The van der Waals surface area contributed by atoms with E-state index in [0.29, 0.717) is 24.1 Å². The smallest absolute Gasteiger partial charge is 0.123 e. The highest BCUT2D eigenvalue weighted by atomic mass is 16.5. The molecule has 0 aliphatic heterocycles. The van der Waals surface area contributed by atoms with Crippen LogP contribution >= 0.6 is 0 Å². The Hall–Kier alpha value is -1.22. The first kappa shape index (κ1) is 15.8. The molecular weight excluding hydrogens is 238 g/mol. The lowest BCUT2D eigenvalue weighted by atomic mass is 10.0. The molecule has 2 N–H and O–H groups in total. The van der Waals surface area contributed by atoms with E-state index in [-0.39, 0.29) is 0 Å². The molecule has 0 radical (unpaired) electrons. The number of nitrogens with one attached hydrogen (secondary N) is 1. The lowest BCUT2D eigenvalue weighted by Crippen LogP contribution is -2.25. The van der Waals surface area contributed by atoms with Gasteiger partial charge in [0.1, 0.15) is 11.5 Å². The summed E-state index contributed by atoms with van der Waals surface area (Å²) in [6.45, 7) is 7.40. The molecule has 0 fully saturated rings. The Labute approximate surface area is 117 Å². The van der Waals surface area contributed by atoms with Gasteiger partial charge in [-0.1, -0.05) is 32.8 Å². The zero-order valence-corrected chi connectivity index (χ0v) is 12.6. The SMILES string of the molecule is COc1ccc(CNC(C)CCCC(C)C)c(O)c1. The molecule has 0 saturated heterocycles. The van der Waals surface area contributed by atoms with Gasteiger partial charge in [0.2, 0.25) is 0 Å². The van der Waals surface area contributed by atoms with Gasteiger partial charge in [-0.3, -0.25) is 0 Å². The molecule has 1 rings (SSSR count). The predicted molar refractivity (Wildman–Crippen MR) is 79.6 cm³/mol. The highest BCUT2D eigenvalue weighted by molar-refractivity contribution is 5.39. The van der Waals surface area contributed by atoms with E-state index in [9.17, 15) is 5.11 Å². The van der Waals surface area contributed by atoms with Crippen molar-refractivity contribution in [2.75, 3.05) is 7.11 Å². The highest BCUT2D eigenvalue weighted by Crippen LogP contribution is 2.23. The van der Waals surface area contributed by atoms with Crippen molar-refractivity contribution in [2.45, 2.75) is 52.6 Å². The maximum absolute atomic E-state index is 9.86. The summed E-state index contributed by atoms with van der Waals surface area (Å²) in [6, 6.07) is 5.91. The zero-order valence-electron chi connectivity index (χ0n) is 12.6. The van der Waals surface area contributed by atoms with Crippen LogP contribution in [0.3, 0.4) is 0 Å². The van der Waals surface area contributed by atoms with Gasteiger partial charge in [-0.25, -0.2) is 0 Å². The molecule has 1 unspecified atom stereocenters. The van der Waals surface area contributed by atoms with Gasteiger partial charge >= 0.3 is 0 Å². The van der Waals surface area contributed by atoms with E-state index in [0.717, 1.165) is 11.5 Å². The number of phenols is 1. The Morgan fingerprint density at radius 2 is 1.95 bits per heavy atom. The van der Waals surface area contributed by atoms with E-state index in [1.54, 1.807) is 13.2 Å². The number of methoxy groups -OCH3 is 1. The Kier molecular flexibility index (Phi) is 6.71. The lowest BCUT2D eigenvalue weighted by Gasteiger charge is -2.15. The normalized spacial score (nSPS) is 12.7. The van der Waals surface area contributed by atoms with Crippen molar-refractivity contribution >= 4 is 0 Å². The topological polar surface area (TPSA) is 41.5 Å². The number of hydrogen-bond acceptors (Lipinski definition) is 3. The van der Waals surface area contributed by atoms with E-state index in [4.69, 9.17) is 4.74 Å². The van der Waals surface area contributed by atoms with Gasteiger partial charge in [0.25, 0.3) is 0 Å². The minimum atomic E-state index is 0.293. The second-order valence-electron chi connectivity index (χ2n) is 5.60. The van der Waals surface area contributed by atoms with Gasteiger partial charge in [0.15, 0.2) is 0 Å². The Morgan fingerprint density at radius 1 is 1.21 bits per heavy atom. The van der Waals surface area contributed by atoms with E-state index in [2.05, 4.69) is 26.1 Å². The van der Waals surface area contributed by atoms with Crippen LogP contribution in [-0.4, -0.2) is 18.3 Å². The molecular formula is C16H27NO2. The van der Waals surface area contributed by atoms with Crippen LogP contribution < -0.4 is 10.1 Å². The Bertz CT molecular complexity index is 377. The maximum atomic E-state index is 9.86. The van der Waals surface area contributed by atoms with Crippen LogP contribution in [0.5, 0.6) is 11.5 Å². The van der Waals surface area contributed by atoms with Gasteiger partial charge in [0.05, 0.1) is 7.11 Å². The van der Waals surface area contributed by atoms with Gasteiger partial charge in [-0.2, -0.15) is 0 Å². The molecule has 1 aromatic rings. The monoisotopic (exact) mass is 265 g/mol. The average molecular weight is 265 g/mol. The van der Waals surface area contributed by atoms with E-state index < -0.39 is 0 Å².